The molecule has 0 fully saturated rings. The standard InChI is InChI=1S/C13H14N4S/c1-9-8-18-13(15-9)17-11-5-3-2-4-10(11)16-12(17)6-7-14/h2-5,8H,6-7,14H2,1H3. The molecule has 0 aliphatic carbocycles. The van der Waals surface area contributed by atoms with Gasteiger partial charge in [-0.1, -0.05) is 12.1 Å². The second-order valence-corrected chi connectivity index (χ2v) is 5.00. The Morgan fingerprint density at radius 2 is 2.11 bits per heavy atom. The van der Waals surface area contributed by atoms with Crippen LogP contribution < -0.4 is 5.73 Å². The van der Waals surface area contributed by atoms with Crippen molar-refractivity contribution in [1.82, 2.24) is 14.5 Å². The summed E-state index contributed by atoms with van der Waals surface area (Å²) in [5, 5.41) is 3.01. The zero-order valence-corrected chi connectivity index (χ0v) is 10.9. The molecule has 92 valence electrons. The summed E-state index contributed by atoms with van der Waals surface area (Å²) < 4.78 is 2.11. The minimum atomic E-state index is 0.591. The van der Waals surface area contributed by atoms with Crippen LogP contribution in [0.25, 0.3) is 16.2 Å². The Labute approximate surface area is 109 Å². The quantitative estimate of drug-likeness (QED) is 0.784. The molecule has 0 aliphatic heterocycles. The van der Waals surface area contributed by atoms with Crippen molar-refractivity contribution in [2.75, 3.05) is 6.54 Å². The molecule has 0 radical (unpaired) electrons. The molecule has 1 aromatic carbocycles. The molecule has 0 atom stereocenters. The first-order valence-corrected chi connectivity index (χ1v) is 6.76. The summed E-state index contributed by atoms with van der Waals surface area (Å²) in [5.74, 6) is 0.980. The molecule has 0 unspecified atom stereocenters. The van der Waals surface area contributed by atoms with Crippen LogP contribution in [0.5, 0.6) is 0 Å². The first-order chi connectivity index (χ1) is 8.79. The fourth-order valence-corrected chi connectivity index (χ4v) is 2.86. The highest BCUT2D eigenvalue weighted by atomic mass is 32.1. The van der Waals surface area contributed by atoms with Crippen molar-refractivity contribution >= 4 is 22.4 Å². The normalized spacial score (nSPS) is 11.2. The summed E-state index contributed by atoms with van der Waals surface area (Å²) in [7, 11) is 0. The van der Waals surface area contributed by atoms with Crippen LogP contribution >= 0.6 is 11.3 Å². The van der Waals surface area contributed by atoms with E-state index in [-0.39, 0.29) is 0 Å². The van der Waals surface area contributed by atoms with E-state index >= 15 is 0 Å². The number of nitrogens with zero attached hydrogens (tertiary/aromatic N) is 3. The number of para-hydroxylation sites is 2. The van der Waals surface area contributed by atoms with Crippen LogP contribution in [0.2, 0.25) is 0 Å². The van der Waals surface area contributed by atoms with Crippen LogP contribution in [-0.4, -0.2) is 21.1 Å². The third-order valence-corrected chi connectivity index (χ3v) is 3.74. The lowest BCUT2D eigenvalue weighted by molar-refractivity contribution is 0.843. The minimum Gasteiger partial charge on any atom is -0.330 e. The van der Waals surface area contributed by atoms with Gasteiger partial charge in [-0.15, -0.1) is 11.3 Å². The van der Waals surface area contributed by atoms with Crippen LogP contribution in [0.1, 0.15) is 11.5 Å². The molecule has 2 N–H and O–H groups in total. The van der Waals surface area contributed by atoms with Gasteiger partial charge in [-0.3, -0.25) is 4.57 Å². The molecule has 18 heavy (non-hydrogen) atoms. The Morgan fingerprint density at radius 1 is 1.28 bits per heavy atom. The maximum absolute atomic E-state index is 5.66. The highest BCUT2D eigenvalue weighted by Gasteiger charge is 2.13. The van der Waals surface area contributed by atoms with Gasteiger partial charge in [0.1, 0.15) is 5.82 Å². The number of rotatable bonds is 3. The number of aryl methyl sites for hydroxylation is 1. The molecule has 3 aromatic rings. The second-order valence-electron chi connectivity index (χ2n) is 4.16. The number of fused-ring (bicyclic) bond motifs is 1. The first kappa shape index (κ1) is 11.4. The molecule has 5 heteroatoms. The third-order valence-electron chi connectivity index (χ3n) is 2.80. The number of hydrogen-bond acceptors (Lipinski definition) is 4. The van der Waals surface area contributed by atoms with Crippen molar-refractivity contribution in [1.29, 1.82) is 0 Å². The maximum atomic E-state index is 5.66. The van der Waals surface area contributed by atoms with E-state index in [1.165, 1.54) is 0 Å². The average molecular weight is 258 g/mol. The van der Waals surface area contributed by atoms with Crippen LogP contribution in [-0.2, 0) is 6.42 Å². The number of benzene rings is 1. The zero-order chi connectivity index (χ0) is 12.5. The minimum absolute atomic E-state index is 0.591. The van der Waals surface area contributed by atoms with E-state index in [1.807, 2.05) is 25.1 Å². The van der Waals surface area contributed by atoms with E-state index in [9.17, 15) is 0 Å². The van der Waals surface area contributed by atoms with Gasteiger partial charge in [-0.25, -0.2) is 9.97 Å². The van der Waals surface area contributed by atoms with Gasteiger partial charge in [0.2, 0.25) is 0 Å². The highest BCUT2D eigenvalue weighted by molar-refractivity contribution is 7.12. The van der Waals surface area contributed by atoms with Crippen LogP contribution in [0.4, 0.5) is 0 Å². The molecule has 2 aromatic heterocycles. The fraction of sp³-hybridized carbons (Fsp3) is 0.231. The Balaban J connectivity index is 2.27. The lowest BCUT2D eigenvalue weighted by Gasteiger charge is -2.04. The van der Waals surface area contributed by atoms with Crippen molar-refractivity contribution < 1.29 is 0 Å². The fourth-order valence-electron chi connectivity index (χ4n) is 2.03. The molecule has 0 spiro atoms. The number of hydrogen-bond donors (Lipinski definition) is 1. The summed E-state index contributed by atoms with van der Waals surface area (Å²) >= 11 is 1.63. The van der Waals surface area contributed by atoms with E-state index in [2.05, 4.69) is 26.0 Å². The van der Waals surface area contributed by atoms with Crippen molar-refractivity contribution in [3.63, 3.8) is 0 Å². The van der Waals surface area contributed by atoms with Gasteiger partial charge in [0.05, 0.1) is 16.7 Å². The molecular formula is C13H14N4S. The second kappa shape index (κ2) is 4.51. The number of nitrogens with two attached hydrogens (primary N) is 1. The van der Waals surface area contributed by atoms with Crippen molar-refractivity contribution in [2.45, 2.75) is 13.3 Å². The topological polar surface area (TPSA) is 56.7 Å². The van der Waals surface area contributed by atoms with E-state index < -0.39 is 0 Å². The zero-order valence-electron chi connectivity index (χ0n) is 10.1. The lowest BCUT2D eigenvalue weighted by atomic mass is 10.3. The Morgan fingerprint density at radius 3 is 2.83 bits per heavy atom. The molecule has 0 bridgehead atoms. The molecule has 0 amide bonds. The van der Waals surface area contributed by atoms with Crippen molar-refractivity contribution in [2.24, 2.45) is 5.73 Å². The summed E-state index contributed by atoms with van der Waals surface area (Å²) in [6.07, 6.45) is 0.757. The van der Waals surface area contributed by atoms with Gasteiger partial charge in [0.25, 0.3) is 0 Å². The van der Waals surface area contributed by atoms with Gasteiger partial charge in [-0.05, 0) is 25.6 Å². The molecule has 0 aliphatic rings. The third kappa shape index (κ3) is 1.81. The molecule has 0 saturated heterocycles. The van der Waals surface area contributed by atoms with Gasteiger partial charge in [0, 0.05) is 11.8 Å². The van der Waals surface area contributed by atoms with Crippen LogP contribution in [0.15, 0.2) is 29.6 Å². The van der Waals surface area contributed by atoms with E-state index in [1.54, 1.807) is 11.3 Å². The molecule has 0 saturated carbocycles. The smallest absolute Gasteiger partial charge is 0.195 e. The van der Waals surface area contributed by atoms with Crippen molar-refractivity contribution in [3.8, 4) is 5.13 Å². The van der Waals surface area contributed by atoms with E-state index in [0.29, 0.717) is 6.54 Å². The first-order valence-electron chi connectivity index (χ1n) is 5.88. The number of aromatic nitrogens is 3. The average Bonchev–Trinajstić information content (AvgIpc) is 2.92. The van der Waals surface area contributed by atoms with Gasteiger partial charge >= 0.3 is 0 Å². The van der Waals surface area contributed by atoms with E-state index in [4.69, 9.17) is 5.73 Å². The summed E-state index contributed by atoms with van der Waals surface area (Å²) in [6.45, 7) is 2.59. The Hall–Kier alpha value is -1.72. The molecule has 4 nitrogen and oxygen atoms in total. The van der Waals surface area contributed by atoms with Gasteiger partial charge in [0.15, 0.2) is 5.13 Å². The number of thiazole rings is 1. The number of imidazole rings is 1. The Kier molecular flexibility index (Phi) is 2.85. The Bertz CT molecular complexity index is 683. The molecule has 2 heterocycles. The summed E-state index contributed by atoms with van der Waals surface area (Å²) in [5.41, 5.74) is 8.79. The van der Waals surface area contributed by atoms with Crippen molar-refractivity contribution in [3.05, 3.63) is 41.2 Å². The SMILES string of the molecule is Cc1csc(-n2c(CCN)nc3ccccc32)n1. The lowest BCUT2D eigenvalue weighted by Crippen LogP contribution is -2.08. The predicted molar refractivity (Wildman–Crippen MR) is 74.2 cm³/mol. The summed E-state index contributed by atoms with van der Waals surface area (Å²) in [4.78, 5) is 9.18. The predicted octanol–water partition coefficient (Wildman–Crippen LogP) is 2.29. The maximum Gasteiger partial charge on any atom is 0.195 e. The van der Waals surface area contributed by atoms with E-state index in [0.717, 1.165) is 34.1 Å². The van der Waals surface area contributed by atoms with Crippen LogP contribution in [0.3, 0.4) is 0 Å². The largest absolute Gasteiger partial charge is 0.330 e. The van der Waals surface area contributed by atoms with Crippen LogP contribution in [0, 0.1) is 6.92 Å². The molecule has 3 rings (SSSR count). The highest BCUT2D eigenvalue weighted by Crippen LogP contribution is 2.24. The monoisotopic (exact) mass is 258 g/mol. The van der Waals surface area contributed by atoms with Gasteiger partial charge in [-0.2, -0.15) is 0 Å². The summed E-state index contributed by atoms with van der Waals surface area (Å²) in [6, 6.07) is 8.11. The molecular weight excluding hydrogens is 244 g/mol. The van der Waals surface area contributed by atoms with Gasteiger partial charge < -0.3 is 5.73 Å².